The van der Waals surface area contributed by atoms with Crippen molar-refractivity contribution in [3.8, 4) is 5.69 Å². The summed E-state index contributed by atoms with van der Waals surface area (Å²) >= 11 is 0. The number of hydrogen-bond donors (Lipinski definition) is 1. The molecule has 2 aliphatic rings. The Kier molecular flexibility index (Phi) is 4.35. The molecule has 1 aliphatic carbocycles. The number of hydrogen-bond acceptors (Lipinski definition) is 4. The zero-order chi connectivity index (χ0) is 20.1. The maximum atomic E-state index is 13.0. The van der Waals surface area contributed by atoms with Gasteiger partial charge in [0.05, 0.1) is 22.9 Å². The first-order valence-corrected chi connectivity index (χ1v) is 8.91. The fourth-order valence-electron chi connectivity index (χ4n) is 3.47. The number of carboxylic acids is 1. The quantitative estimate of drug-likeness (QED) is 0.862. The van der Waals surface area contributed by atoms with Gasteiger partial charge in [-0.05, 0) is 37.5 Å². The predicted octanol–water partition coefficient (Wildman–Crippen LogP) is 2.71. The van der Waals surface area contributed by atoms with Crippen molar-refractivity contribution < 1.29 is 27.9 Å². The molecule has 0 unspecified atom stereocenters. The molecule has 1 aliphatic heterocycles. The van der Waals surface area contributed by atoms with E-state index >= 15 is 0 Å². The molecular formula is C18H17F3N4O3. The van der Waals surface area contributed by atoms with E-state index in [9.17, 15) is 22.8 Å². The molecule has 1 amide bonds. The predicted molar refractivity (Wildman–Crippen MR) is 90.0 cm³/mol. The Balaban J connectivity index is 1.68. The number of carbonyl (C=O) groups excluding carboxylic acids is 1. The minimum absolute atomic E-state index is 0.00127. The lowest BCUT2D eigenvalue weighted by Crippen LogP contribution is -2.31. The summed E-state index contributed by atoms with van der Waals surface area (Å²) in [5.74, 6) is -2.00. The number of nitrogens with zero attached hydrogens (tertiary/aromatic N) is 4. The van der Waals surface area contributed by atoms with Gasteiger partial charge >= 0.3 is 12.1 Å². The van der Waals surface area contributed by atoms with Gasteiger partial charge in [0, 0.05) is 19.0 Å². The average molecular weight is 394 g/mol. The number of likely N-dealkylation sites (tertiary alicyclic amines) is 1. The van der Waals surface area contributed by atoms with E-state index in [1.807, 2.05) is 0 Å². The van der Waals surface area contributed by atoms with E-state index in [2.05, 4.69) is 10.3 Å². The molecule has 1 saturated heterocycles. The molecule has 10 heteroatoms. The van der Waals surface area contributed by atoms with Crippen molar-refractivity contribution in [3.63, 3.8) is 0 Å². The summed E-state index contributed by atoms with van der Waals surface area (Å²) < 4.78 is 40.4. The summed E-state index contributed by atoms with van der Waals surface area (Å²) in [5.41, 5.74) is -0.0406. The van der Waals surface area contributed by atoms with Crippen LogP contribution in [0.3, 0.4) is 0 Å². The van der Waals surface area contributed by atoms with Crippen LogP contribution >= 0.6 is 0 Å². The number of alkyl halides is 3. The Labute approximate surface area is 157 Å². The number of amides is 1. The first-order chi connectivity index (χ1) is 13.3. The van der Waals surface area contributed by atoms with E-state index in [4.69, 9.17) is 5.11 Å². The second kappa shape index (κ2) is 6.61. The molecule has 1 aromatic carbocycles. The number of rotatable bonds is 4. The van der Waals surface area contributed by atoms with Crippen molar-refractivity contribution >= 4 is 11.9 Å². The summed E-state index contributed by atoms with van der Waals surface area (Å²) in [7, 11) is 0. The summed E-state index contributed by atoms with van der Waals surface area (Å²) in [6.07, 6.45) is -2.54. The zero-order valence-corrected chi connectivity index (χ0v) is 14.7. The normalized spacial score (nSPS) is 19.8. The van der Waals surface area contributed by atoms with E-state index in [-0.39, 0.29) is 23.8 Å². The standard InChI is InChI=1S/C18H17F3N4O3/c19-18(20,21)12-2-1-3-13(8-12)25-15(10-4-5-10)14(22-23-25)16(26)24-7-6-11(9-24)17(27)28/h1-3,8,10-11H,4-7,9H2,(H,27,28)/t11-/m1/s1. The second-order valence-corrected chi connectivity index (χ2v) is 7.13. The fraction of sp³-hybridized carbons (Fsp3) is 0.444. The Morgan fingerprint density at radius 1 is 1.18 bits per heavy atom. The maximum Gasteiger partial charge on any atom is 0.416 e. The van der Waals surface area contributed by atoms with Crippen LogP contribution in [0.2, 0.25) is 0 Å². The van der Waals surface area contributed by atoms with Crippen LogP contribution in [0.15, 0.2) is 24.3 Å². The molecule has 2 aromatic rings. The van der Waals surface area contributed by atoms with Gasteiger partial charge in [-0.2, -0.15) is 13.2 Å². The van der Waals surface area contributed by atoms with E-state index in [1.165, 1.54) is 21.7 Å². The topological polar surface area (TPSA) is 88.3 Å². The molecule has 148 valence electrons. The molecule has 1 aromatic heterocycles. The highest BCUT2D eigenvalue weighted by atomic mass is 19.4. The van der Waals surface area contributed by atoms with Gasteiger partial charge in [0.1, 0.15) is 0 Å². The number of aromatic nitrogens is 3. The molecule has 7 nitrogen and oxygen atoms in total. The zero-order valence-electron chi connectivity index (χ0n) is 14.7. The molecule has 28 heavy (non-hydrogen) atoms. The van der Waals surface area contributed by atoms with Crippen molar-refractivity contribution in [2.24, 2.45) is 5.92 Å². The molecule has 1 N–H and O–H groups in total. The number of carboxylic acid groups (broad SMARTS) is 1. The Bertz CT molecular complexity index is 936. The fourth-order valence-corrected chi connectivity index (χ4v) is 3.47. The van der Waals surface area contributed by atoms with Gasteiger partial charge in [-0.25, -0.2) is 4.68 Å². The molecule has 0 spiro atoms. The van der Waals surface area contributed by atoms with Crippen molar-refractivity contribution in [3.05, 3.63) is 41.2 Å². The lowest BCUT2D eigenvalue weighted by atomic mass is 10.1. The minimum atomic E-state index is -4.49. The number of halogens is 3. The average Bonchev–Trinajstić information content (AvgIpc) is 3.20. The van der Waals surface area contributed by atoms with Crippen LogP contribution in [0.25, 0.3) is 5.69 Å². The van der Waals surface area contributed by atoms with E-state index in [1.54, 1.807) is 0 Å². The van der Waals surface area contributed by atoms with Crippen molar-refractivity contribution in [1.29, 1.82) is 0 Å². The van der Waals surface area contributed by atoms with Crippen LogP contribution in [0.1, 0.15) is 46.9 Å². The third-order valence-corrected chi connectivity index (χ3v) is 5.11. The van der Waals surface area contributed by atoms with E-state index in [0.29, 0.717) is 18.7 Å². The first kappa shape index (κ1) is 18.5. The van der Waals surface area contributed by atoms with Crippen molar-refractivity contribution in [2.45, 2.75) is 31.4 Å². The second-order valence-electron chi connectivity index (χ2n) is 7.13. The molecule has 1 atom stereocenters. The highest BCUT2D eigenvalue weighted by Crippen LogP contribution is 2.42. The van der Waals surface area contributed by atoms with Crippen LogP contribution in [-0.4, -0.2) is 50.0 Å². The number of benzene rings is 1. The van der Waals surface area contributed by atoms with Gasteiger partial charge in [-0.3, -0.25) is 9.59 Å². The highest BCUT2D eigenvalue weighted by molar-refractivity contribution is 5.94. The summed E-state index contributed by atoms with van der Waals surface area (Å²) in [4.78, 5) is 25.4. The third-order valence-electron chi connectivity index (χ3n) is 5.11. The molecule has 2 fully saturated rings. The van der Waals surface area contributed by atoms with Crippen LogP contribution in [0, 0.1) is 5.92 Å². The molecular weight excluding hydrogens is 377 g/mol. The largest absolute Gasteiger partial charge is 0.481 e. The van der Waals surface area contributed by atoms with Crippen LogP contribution in [-0.2, 0) is 11.0 Å². The Hall–Kier alpha value is -2.91. The maximum absolute atomic E-state index is 13.0. The summed E-state index contributed by atoms with van der Waals surface area (Å²) in [6.45, 7) is 0.394. The van der Waals surface area contributed by atoms with E-state index < -0.39 is 29.5 Å². The van der Waals surface area contributed by atoms with Crippen molar-refractivity contribution in [2.75, 3.05) is 13.1 Å². The van der Waals surface area contributed by atoms with Crippen LogP contribution in [0.4, 0.5) is 13.2 Å². The van der Waals surface area contributed by atoms with Gasteiger partial charge in [0.15, 0.2) is 5.69 Å². The van der Waals surface area contributed by atoms with Gasteiger partial charge in [0.25, 0.3) is 5.91 Å². The number of carbonyl (C=O) groups is 2. The van der Waals surface area contributed by atoms with Crippen LogP contribution in [0.5, 0.6) is 0 Å². The first-order valence-electron chi connectivity index (χ1n) is 8.91. The molecule has 0 bridgehead atoms. The molecule has 1 saturated carbocycles. The SMILES string of the molecule is O=C(O)[C@@H]1CCN(C(=O)c2nnn(-c3cccc(C(F)(F)F)c3)c2C2CC2)C1. The lowest BCUT2D eigenvalue weighted by Gasteiger charge is -2.15. The van der Waals surface area contributed by atoms with Gasteiger partial charge in [-0.1, -0.05) is 11.3 Å². The van der Waals surface area contributed by atoms with Gasteiger partial charge in [-0.15, -0.1) is 5.10 Å². The third kappa shape index (κ3) is 3.34. The smallest absolute Gasteiger partial charge is 0.416 e. The monoisotopic (exact) mass is 394 g/mol. The van der Waals surface area contributed by atoms with E-state index in [0.717, 1.165) is 25.0 Å². The van der Waals surface area contributed by atoms with Crippen molar-refractivity contribution in [1.82, 2.24) is 19.9 Å². The Morgan fingerprint density at radius 3 is 2.54 bits per heavy atom. The number of aliphatic carboxylic acids is 1. The Morgan fingerprint density at radius 2 is 1.93 bits per heavy atom. The highest BCUT2D eigenvalue weighted by Gasteiger charge is 2.39. The summed E-state index contributed by atoms with van der Waals surface area (Å²) in [6, 6.07) is 4.72. The molecule has 4 rings (SSSR count). The summed E-state index contributed by atoms with van der Waals surface area (Å²) in [5, 5.41) is 17.0. The lowest BCUT2D eigenvalue weighted by molar-refractivity contribution is -0.141. The van der Waals surface area contributed by atoms with Crippen LogP contribution < -0.4 is 0 Å². The molecule has 0 radical (unpaired) electrons. The van der Waals surface area contributed by atoms with Gasteiger partial charge in [0.2, 0.25) is 0 Å². The molecule has 2 heterocycles. The van der Waals surface area contributed by atoms with Gasteiger partial charge < -0.3 is 10.0 Å². The minimum Gasteiger partial charge on any atom is -0.481 e.